The van der Waals surface area contributed by atoms with E-state index in [4.69, 9.17) is 0 Å². The Kier molecular flexibility index (Phi) is 3.21. The maximum atomic E-state index is 12.0. The second-order valence-corrected chi connectivity index (χ2v) is 6.74. The summed E-state index contributed by atoms with van der Waals surface area (Å²) in [6, 6.07) is 0.986. The quantitative estimate of drug-likeness (QED) is 0.705. The molecular weight excluding hydrogens is 240 g/mol. The lowest BCUT2D eigenvalue weighted by molar-refractivity contribution is 0.0611. The molecule has 0 aromatic rings. The fourth-order valence-electron chi connectivity index (χ4n) is 3.78. The van der Waals surface area contributed by atoms with Crippen LogP contribution in [0.25, 0.3) is 0 Å². The van der Waals surface area contributed by atoms with Crippen LogP contribution in [0.2, 0.25) is 0 Å². The molecule has 2 heterocycles. The van der Waals surface area contributed by atoms with Gasteiger partial charge in [0, 0.05) is 45.3 Å². The van der Waals surface area contributed by atoms with Crippen molar-refractivity contribution in [1.82, 2.24) is 19.6 Å². The van der Waals surface area contributed by atoms with Crippen LogP contribution in [0.5, 0.6) is 0 Å². The molecule has 0 aromatic heterocycles. The number of likely N-dealkylation sites (tertiary alicyclic amines) is 1. The predicted molar refractivity (Wildman–Crippen MR) is 75.0 cm³/mol. The summed E-state index contributed by atoms with van der Waals surface area (Å²) in [5, 5.41) is 0. The molecule has 0 N–H and O–H groups in total. The van der Waals surface area contributed by atoms with Gasteiger partial charge < -0.3 is 9.80 Å². The molecule has 1 aliphatic carbocycles. The summed E-state index contributed by atoms with van der Waals surface area (Å²) in [5.74, 6) is 0. The number of carbonyl (C=O) groups is 1. The molecule has 3 fully saturated rings. The van der Waals surface area contributed by atoms with E-state index in [1.54, 1.807) is 4.90 Å². The first-order chi connectivity index (χ1) is 9.02. The molecule has 3 aliphatic rings. The van der Waals surface area contributed by atoms with Gasteiger partial charge in [0.25, 0.3) is 0 Å². The van der Waals surface area contributed by atoms with Crippen molar-refractivity contribution in [3.63, 3.8) is 0 Å². The van der Waals surface area contributed by atoms with E-state index < -0.39 is 0 Å². The molecule has 108 valence electrons. The van der Waals surface area contributed by atoms with Gasteiger partial charge in [-0.3, -0.25) is 9.80 Å². The highest BCUT2D eigenvalue weighted by Crippen LogP contribution is 2.42. The van der Waals surface area contributed by atoms with Crippen LogP contribution in [0.4, 0.5) is 4.79 Å². The van der Waals surface area contributed by atoms with Gasteiger partial charge in [0.1, 0.15) is 0 Å². The van der Waals surface area contributed by atoms with Crippen molar-refractivity contribution in [2.24, 2.45) is 0 Å². The first-order valence-electron chi connectivity index (χ1n) is 7.43. The molecular formula is C14H26N4O. The fraction of sp³-hybridized carbons (Fsp3) is 0.929. The third kappa shape index (κ3) is 2.34. The van der Waals surface area contributed by atoms with Crippen LogP contribution in [-0.4, -0.2) is 84.7 Å². The highest BCUT2D eigenvalue weighted by atomic mass is 16.2. The Morgan fingerprint density at radius 3 is 2.37 bits per heavy atom. The van der Waals surface area contributed by atoms with Crippen LogP contribution >= 0.6 is 0 Å². The van der Waals surface area contributed by atoms with Gasteiger partial charge in [-0.15, -0.1) is 0 Å². The van der Waals surface area contributed by atoms with Crippen molar-refractivity contribution in [3.05, 3.63) is 0 Å². The minimum atomic E-state index is 0.166. The second kappa shape index (κ2) is 4.63. The zero-order valence-corrected chi connectivity index (χ0v) is 12.4. The summed E-state index contributed by atoms with van der Waals surface area (Å²) >= 11 is 0. The van der Waals surface area contributed by atoms with Gasteiger partial charge in [-0.25, -0.2) is 4.79 Å². The zero-order chi connectivity index (χ0) is 13.6. The van der Waals surface area contributed by atoms with Crippen LogP contribution in [0.1, 0.15) is 25.7 Å². The average molecular weight is 266 g/mol. The Bertz CT molecular complexity index is 358. The number of hydrogen-bond acceptors (Lipinski definition) is 3. The van der Waals surface area contributed by atoms with Gasteiger partial charge in [0.2, 0.25) is 0 Å². The third-order valence-corrected chi connectivity index (χ3v) is 4.90. The monoisotopic (exact) mass is 266 g/mol. The molecule has 2 amide bonds. The topological polar surface area (TPSA) is 30.0 Å². The Balaban J connectivity index is 1.66. The van der Waals surface area contributed by atoms with E-state index in [9.17, 15) is 4.79 Å². The van der Waals surface area contributed by atoms with Gasteiger partial charge in [-0.1, -0.05) is 0 Å². The normalized spacial score (nSPS) is 28.1. The van der Waals surface area contributed by atoms with Crippen molar-refractivity contribution in [2.45, 2.75) is 37.3 Å². The summed E-state index contributed by atoms with van der Waals surface area (Å²) in [7, 11) is 5.90. The summed E-state index contributed by atoms with van der Waals surface area (Å²) in [4.78, 5) is 20.9. The number of amides is 2. The number of hydrogen-bond donors (Lipinski definition) is 0. The van der Waals surface area contributed by atoms with E-state index in [2.05, 4.69) is 16.8 Å². The molecule has 5 heteroatoms. The highest BCUT2D eigenvalue weighted by molar-refractivity contribution is 5.73. The molecule has 19 heavy (non-hydrogen) atoms. The van der Waals surface area contributed by atoms with Gasteiger partial charge in [-0.05, 0) is 32.7 Å². The zero-order valence-electron chi connectivity index (χ0n) is 12.4. The van der Waals surface area contributed by atoms with Crippen LogP contribution in [-0.2, 0) is 0 Å². The summed E-state index contributed by atoms with van der Waals surface area (Å²) in [6.07, 6.45) is 5.01. The van der Waals surface area contributed by atoms with E-state index in [0.29, 0.717) is 5.54 Å². The van der Waals surface area contributed by atoms with E-state index in [-0.39, 0.29) is 6.03 Å². The molecule has 2 aliphatic heterocycles. The lowest BCUT2D eigenvalue weighted by Gasteiger charge is -2.45. The number of urea groups is 1. The van der Waals surface area contributed by atoms with Crippen molar-refractivity contribution in [1.29, 1.82) is 0 Å². The minimum Gasteiger partial charge on any atom is -0.331 e. The van der Waals surface area contributed by atoms with Crippen LogP contribution in [0, 0.1) is 0 Å². The van der Waals surface area contributed by atoms with Crippen LogP contribution < -0.4 is 0 Å². The lowest BCUT2D eigenvalue weighted by Crippen LogP contribution is -2.56. The molecule has 1 saturated carbocycles. The molecule has 0 unspecified atom stereocenters. The molecule has 0 aromatic carbocycles. The number of rotatable bonds is 1. The highest BCUT2D eigenvalue weighted by Gasteiger charge is 2.50. The largest absolute Gasteiger partial charge is 0.331 e. The molecule has 2 saturated heterocycles. The number of carbonyl (C=O) groups excluding carboxylic acids is 1. The van der Waals surface area contributed by atoms with Crippen LogP contribution in [0.3, 0.4) is 0 Å². The van der Waals surface area contributed by atoms with Gasteiger partial charge >= 0.3 is 6.03 Å². The number of piperidine rings is 1. The number of likely N-dealkylation sites (N-methyl/N-ethyl adjacent to an activating group) is 1. The van der Waals surface area contributed by atoms with E-state index >= 15 is 0 Å². The second-order valence-electron chi connectivity index (χ2n) is 6.74. The Morgan fingerprint density at radius 2 is 1.84 bits per heavy atom. The van der Waals surface area contributed by atoms with Crippen molar-refractivity contribution < 1.29 is 4.79 Å². The average Bonchev–Trinajstić information content (AvgIpc) is 3.16. The molecule has 0 atom stereocenters. The first kappa shape index (κ1) is 13.2. The van der Waals surface area contributed by atoms with Crippen molar-refractivity contribution >= 4 is 6.03 Å². The molecule has 0 radical (unpaired) electrons. The molecule has 1 spiro atoms. The summed E-state index contributed by atoms with van der Waals surface area (Å²) in [5.41, 5.74) is 0.346. The van der Waals surface area contributed by atoms with Crippen molar-refractivity contribution in [2.75, 3.05) is 47.4 Å². The first-order valence-corrected chi connectivity index (χ1v) is 7.43. The Labute approximate surface area is 116 Å². The van der Waals surface area contributed by atoms with Gasteiger partial charge in [0.05, 0.1) is 6.67 Å². The Hall–Kier alpha value is -0.810. The third-order valence-electron chi connectivity index (χ3n) is 4.90. The number of nitrogens with zero attached hydrogens (tertiary/aromatic N) is 4. The molecule has 3 rings (SSSR count). The Morgan fingerprint density at radius 1 is 1.21 bits per heavy atom. The summed E-state index contributed by atoms with van der Waals surface area (Å²) in [6.45, 7) is 4.11. The SMILES string of the molecule is CN1CN(C2CC2)C2(CCN(C(=O)N(C)C)CC2)C1. The lowest BCUT2D eigenvalue weighted by atomic mass is 9.86. The predicted octanol–water partition coefficient (Wildman–Crippen LogP) is 0.870. The smallest absolute Gasteiger partial charge is 0.319 e. The fourth-order valence-corrected chi connectivity index (χ4v) is 3.78. The van der Waals surface area contributed by atoms with E-state index in [1.807, 2.05) is 19.0 Å². The van der Waals surface area contributed by atoms with E-state index in [0.717, 1.165) is 38.6 Å². The van der Waals surface area contributed by atoms with Crippen molar-refractivity contribution in [3.8, 4) is 0 Å². The standard InChI is InChI=1S/C14H26N4O/c1-15(2)13(19)17-8-6-14(7-9-17)10-16(3)11-18(14)12-4-5-12/h12H,4-11H2,1-3H3. The maximum Gasteiger partial charge on any atom is 0.319 e. The maximum absolute atomic E-state index is 12.0. The summed E-state index contributed by atoms with van der Waals surface area (Å²) < 4.78 is 0. The molecule has 0 bridgehead atoms. The van der Waals surface area contributed by atoms with E-state index in [1.165, 1.54) is 19.4 Å². The van der Waals surface area contributed by atoms with Gasteiger partial charge in [0.15, 0.2) is 0 Å². The van der Waals surface area contributed by atoms with Crippen LogP contribution in [0.15, 0.2) is 0 Å². The van der Waals surface area contributed by atoms with Gasteiger partial charge in [-0.2, -0.15) is 0 Å². The molecule has 5 nitrogen and oxygen atoms in total. The minimum absolute atomic E-state index is 0.166.